The third-order valence-electron chi connectivity index (χ3n) is 3.07. The second-order valence-electron chi connectivity index (χ2n) is 4.37. The summed E-state index contributed by atoms with van der Waals surface area (Å²) in [5, 5.41) is 9.54. The molecule has 1 heterocycles. The van der Waals surface area contributed by atoms with E-state index in [2.05, 4.69) is 0 Å². The van der Waals surface area contributed by atoms with Gasteiger partial charge < -0.3 is 9.52 Å². The Labute approximate surface area is 113 Å². The number of carbonyl (C=O) groups is 1. The van der Waals surface area contributed by atoms with E-state index in [0.717, 1.165) is 11.1 Å². The zero-order valence-corrected chi connectivity index (χ0v) is 10.4. The summed E-state index contributed by atoms with van der Waals surface area (Å²) >= 11 is 0. The highest BCUT2D eigenvalue weighted by molar-refractivity contribution is 5.92. The zero-order valence-electron chi connectivity index (χ0n) is 10.4. The molecule has 3 aromatic rings. The molecular formula is C16H10O4. The van der Waals surface area contributed by atoms with Crippen LogP contribution < -0.4 is 5.63 Å². The molecule has 0 aliphatic heterocycles. The highest BCUT2D eigenvalue weighted by atomic mass is 16.4. The van der Waals surface area contributed by atoms with Crippen LogP contribution in [-0.2, 0) is 0 Å². The van der Waals surface area contributed by atoms with Crippen molar-refractivity contribution in [2.24, 2.45) is 0 Å². The molecule has 98 valence electrons. The molecule has 4 heteroatoms. The molecule has 0 amide bonds. The van der Waals surface area contributed by atoms with Gasteiger partial charge in [0.05, 0.1) is 0 Å². The monoisotopic (exact) mass is 266 g/mol. The van der Waals surface area contributed by atoms with E-state index in [9.17, 15) is 9.59 Å². The molecule has 0 saturated heterocycles. The van der Waals surface area contributed by atoms with Gasteiger partial charge in [0.25, 0.3) is 0 Å². The van der Waals surface area contributed by atoms with Crippen LogP contribution in [-0.4, -0.2) is 11.1 Å². The summed E-state index contributed by atoms with van der Waals surface area (Å²) in [7, 11) is 0. The Hall–Kier alpha value is -2.88. The average molecular weight is 266 g/mol. The maximum absolute atomic E-state index is 11.5. The number of benzene rings is 2. The largest absolute Gasteiger partial charge is 0.477 e. The van der Waals surface area contributed by atoms with Gasteiger partial charge in [0, 0.05) is 5.39 Å². The van der Waals surface area contributed by atoms with Crippen LogP contribution in [0.1, 0.15) is 10.4 Å². The molecule has 0 saturated carbocycles. The standard InChI is InChI=1S/C16H10O4/c17-15(18)13-9-12-8-11(10-4-2-1-3-5-10)6-7-14(12)20-16(13)19/h1-9H,(H,17,18). The van der Waals surface area contributed by atoms with Crippen molar-refractivity contribution in [1.82, 2.24) is 0 Å². The van der Waals surface area contributed by atoms with Crippen LogP contribution in [0.4, 0.5) is 0 Å². The lowest BCUT2D eigenvalue weighted by Gasteiger charge is -2.04. The number of hydrogen-bond donors (Lipinski definition) is 1. The van der Waals surface area contributed by atoms with Crippen LogP contribution in [0.15, 0.2) is 63.8 Å². The van der Waals surface area contributed by atoms with Gasteiger partial charge in [-0.1, -0.05) is 36.4 Å². The lowest BCUT2D eigenvalue weighted by Crippen LogP contribution is -2.12. The third kappa shape index (κ3) is 2.07. The molecule has 3 rings (SSSR count). The Morgan fingerprint density at radius 1 is 0.950 bits per heavy atom. The highest BCUT2D eigenvalue weighted by Gasteiger charge is 2.12. The fourth-order valence-electron chi connectivity index (χ4n) is 2.08. The number of aromatic carboxylic acids is 1. The summed E-state index contributed by atoms with van der Waals surface area (Å²) in [5.41, 5.74) is 1.13. The van der Waals surface area contributed by atoms with Crippen molar-refractivity contribution in [2.45, 2.75) is 0 Å². The van der Waals surface area contributed by atoms with Gasteiger partial charge in [0.15, 0.2) is 0 Å². The molecule has 0 aliphatic rings. The highest BCUT2D eigenvalue weighted by Crippen LogP contribution is 2.24. The molecular weight excluding hydrogens is 256 g/mol. The molecule has 0 atom stereocenters. The van der Waals surface area contributed by atoms with E-state index in [4.69, 9.17) is 9.52 Å². The number of fused-ring (bicyclic) bond motifs is 1. The topological polar surface area (TPSA) is 67.5 Å². The number of rotatable bonds is 2. The van der Waals surface area contributed by atoms with Gasteiger partial charge in [-0.05, 0) is 29.3 Å². The number of carboxylic acid groups (broad SMARTS) is 1. The van der Waals surface area contributed by atoms with Crippen molar-refractivity contribution < 1.29 is 14.3 Å². The molecule has 1 aromatic heterocycles. The molecule has 0 radical (unpaired) electrons. The van der Waals surface area contributed by atoms with Crippen LogP contribution in [0.25, 0.3) is 22.1 Å². The fraction of sp³-hybridized carbons (Fsp3) is 0. The first-order valence-corrected chi connectivity index (χ1v) is 6.02. The molecule has 0 aliphatic carbocycles. The minimum absolute atomic E-state index is 0.359. The van der Waals surface area contributed by atoms with Crippen LogP contribution in [0, 0.1) is 0 Å². The van der Waals surface area contributed by atoms with Crippen molar-refractivity contribution in [2.75, 3.05) is 0 Å². The maximum atomic E-state index is 11.5. The molecule has 0 bridgehead atoms. The molecule has 4 nitrogen and oxygen atoms in total. The molecule has 2 aromatic carbocycles. The first-order valence-electron chi connectivity index (χ1n) is 6.02. The fourth-order valence-corrected chi connectivity index (χ4v) is 2.08. The van der Waals surface area contributed by atoms with Crippen LogP contribution in [0.2, 0.25) is 0 Å². The van der Waals surface area contributed by atoms with E-state index >= 15 is 0 Å². The summed E-state index contributed by atoms with van der Waals surface area (Å²) in [4.78, 5) is 22.4. The second-order valence-corrected chi connectivity index (χ2v) is 4.37. The Balaban J connectivity index is 2.23. The normalized spacial score (nSPS) is 10.6. The van der Waals surface area contributed by atoms with Crippen molar-refractivity contribution >= 4 is 16.9 Å². The van der Waals surface area contributed by atoms with Crippen LogP contribution in [0.5, 0.6) is 0 Å². The predicted octanol–water partition coefficient (Wildman–Crippen LogP) is 3.16. The quantitative estimate of drug-likeness (QED) is 0.723. The Morgan fingerprint density at radius 2 is 1.70 bits per heavy atom. The van der Waals surface area contributed by atoms with Gasteiger partial charge in [0.2, 0.25) is 0 Å². The first kappa shape index (κ1) is 12.2. The van der Waals surface area contributed by atoms with E-state index in [1.54, 1.807) is 12.1 Å². The Morgan fingerprint density at radius 3 is 2.40 bits per heavy atom. The minimum Gasteiger partial charge on any atom is -0.477 e. The average Bonchev–Trinajstić information content (AvgIpc) is 2.47. The molecule has 20 heavy (non-hydrogen) atoms. The van der Waals surface area contributed by atoms with Crippen LogP contribution in [0.3, 0.4) is 0 Å². The summed E-state index contributed by atoms with van der Waals surface area (Å²) in [6.07, 6.45) is 0. The van der Waals surface area contributed by atoms with Gasteiger partial charge in [-0.2, -0.15) is 0 Å². The zero-order chi connectivity index (χ0) is 14.1. The molecule has 0 fully saturated rings. The van der Waals surface area contributed by atoms with Gasteiger partial charge in [-0.15, -0.1) is 0 Å². The van der Waals surface area contributed by atoms with E-state index < -0.39 is 11.6 Å². The SMILES string of the molecule is O=C(O)c1cc2cc(-c3ccccc3)ccc2oc1=O. The van der Waals surface area contributed by atoms with E-state index in [0.29, 0.717) is 11.0 Å². The Bertz CT molecular complexity index is 847. The van der Waals surface area contributed by atoms with Crippen molar-refractivity contribution in [3.63, 3.8) is 0 Å². The Kier molecular flexibility index (Phi) is 2.84. The van der Waals surface area contributed by atoms with E-state index in [-0.39, 0.29) is 5.56 Å². The molecule has 1 N–H and O–H groups in total. The lowest BCUT2D eigenvalue weighted by molar-refractivity contribution is 0.0692. The summed E-state index contributed by atoms with van der Waals surface area (Å²) in [6, 6.07) is 16.3. The second kappa shape index (κ2) is 4.66. The van der Waals surface area contributed by atoms with Crippen LogP contribution >= 0.6 is 0 Å². The summed E-state index contributed by atoms with van der Waals surface area (Å²) < 4.78 is 5.01. The number of hydrogen-bond acceptors (Lipinski definition) is 3. The number of carboxylic acids is 1. The van der Waals surface area contributed by atoms with Crippen molar-refractivity contribution in [3.8, 4) is 11.1 Å². The van der Waals surface area contributed by atoms with Gasteiger partial charge in [0.1, 0.15) is 11.1 Å². The van der Waals surface area contributed by atoms with Gasteiger partial charge in [-0.3, -0.25) is 0 Å². The molecule has 0 unspecified atom stereocenters. The smallest absolute Gasteiger partial charge is 0.351 e. The minimum atomic E-state index is -1.29. The lowest BCUT2D eigenvalue weighted by atomic mass is 10.0. The van der Waals surface area contributed by atoms with E-state index in [1.165, 1.54) is 6.07 Å². The van der Waals surface area contributed by atoms with Gasteiger partial charge in [-0.25, -0.2) is 9.59 Å². The third-order valence-corrected chi connectivity index (χ3v) is 3.07. The van der Waals surface area contributed by atoms with Crippen molar-refractivity contribution in [3.05, 3.63) is 70.6 Å². The molecule has 0 spiro atoms. The summed E-state index contributed by atoms with van der Waals surface area (Å²) in [5.74, 6) is -1.29. The first-order chi connectivity index (χ1) is 9.65. The van der Waals surface area contributed by atoms with Gasteiger partial charge >= 0.3 is 11.6 Å². The van der Waals surface area contributed by atoms with E-state index in [1.807, 2.05) is 36.4 Å². The summed E-state index contributed by atoms with van der Waals surface area (Å²) in [6.45, 7) is 0. The van der Waals surface area contributed by atoms with Crippen molar-refractivity contribution in [1.29, 1.82) is 0 Å². The predicted molar refractivity (Wildman–Crippen MR) is 74.9 cm³/mol. The maximum Gasteiger partial charge on any atom is 0.351 e.